The third-order valence-electron chi connectivity index (χ3n) is 5.60. The number of carboxylic acids is 1. The van der Waals surface area contributed by atoms with Crippen LogP contribution in [-0.2, 0) is 4.79 Å². The van der Waals surface area contributed by atoms with Crippen molar-refractivity contribution in [1.82, 2.24) is 20.2 Å². The van der Waals surface area contributed by atoms with Crippen molar-refractivity contribution < 1.29 is 27.8 Å². The Hall–Kier alpha value is -4.02. The highest BCUT2D eigenvalue weighted by Crippen LogP contribution is 2.32. The van der Waals surface area contributed by atoms with E-state index in [4.69, 9.17) is 14.3 Å². The summed E-state index contributed by atoms with van der Waals surface area (Å²) in [5, 5.41) is 19.8. The van der Waals surface area contributed by atoms with Crippen molar-refractivity contribution in [2.45, 2.75) is 31.8 Å². The van der Waals surface area contributed by atoms with Gasteiger partial charge in [-0.05, 0) is 62.1 Å². The molecule has 0 aliphatic heterocycles. The zero-order valence-electron chi connectivity index (χ0n) is 17.2. The molecule has 170 valence electrons. The lowest BCUT2D eigenvalue weighted by Crippen LogP contribution is -2.28. The second kappa shape index (κ2) is 8.49. The van der Waals surface area contributed by atoms with E-state index in [9.17, 15) is 9.18 Å². The van der Waals surface area contributed by atoms with Crippen LogP contribution in [-0.4, -0.2) is 37.3 Å². The highest BCUT2D eigenvalue weighted by molar-refractivity contribution is 5.80. The number of aliphatic carboxylic acids is 1. The fourth-order valence-electron chi connectivity index (χ4n) is 3.85. The molecule has 3 N–H and O–H groups in total. The molecule has 0 amide bonds. The number of carboxylic acid groups (broad SMARTS) is 1. The van der Waals surface area contributed by atoms with Gasteiger partial charge in [0, 0.05) is 5.69 Å². The van der Waals surface area contributed by atoms with Gasteiger partial charge in [-0.25, -0.2) is 13.8 Å². The van der Waals surface area contributed by atoms with E-state index < -0.39 is 11.8 Å². The van der Waals surface area contributed by atoms with Gasteiger partial charge in [-0.3, -0.25) is 4.79 Å². The third kappa shape index (κ3) is 4.34. The van der Waals surface area contributed by atoms with Crippen LogP contribution in [0.15, 0.2) is 40.8 Å². The number of aromatic amines is 1. The Morgan fingerprint density at radius 1 is 1.09 bits per heavy atom. The van der Waals surface area contributed by atoms with E-state index in [1.165, 1.54) is 30.3 Å². The lowest BCUT2D eigenvalue weighted by molar-refractivity contribution is -0.143. The average molecular weight is 455 g/mol. The second-order valence-corrected chi connectivity index (χ2v) is 7.83. The second-order valence-electron chi connectivity index (χ2n) is 7.83. The van der Waals surface area contributed by atoms with Crippen LogP contribution in [0.4, 0.5) is 20.5 Å². The number of aromatic nitrogens is 4. The van der Waals surface area contributed by atoms with Crippen molar-refractivity contribution in [3.05, 3.63) is 48.0 Å². The van der Waals surface area contributed by atoms with E-state index in [0.29, 0.717) is 36.9 Å². The number of hydrogen-bond acceptors (Lipinski definition) is 7. The predicted molar refractivity (Wildman–Crippen MR) is 113 cm³/mol. The Kier molecular flexibility index (Phi) is 5.37. The number of anilines is 2. The van der Waals surface area contributed by atoms with Gasteiger partial charge in [-0.15, -0.1) is 5.10 Å². The van der Waals surface area contributed by atoms with Crippen molar-refractivity contribution in [3.63, 3.8) is 0 Å². The van der Waals surface area contributed by atoms with Crippen LogP contribution in [0.1, 0.15) is 25.7 Å². The van der Waals surface area contributed by atoms with E-state index in [2.05, 4.69) is 25.5 Å². The van der Waals surface area contributed by atoms with E-state index in [1.54, 1.807) is 6.07 Å². The van der Waals surface area contributed by atoms with Gasteiger partial charge < -0.3 is 24.6 Å². The van der Waals surface area contributed by atoms with Crippen LogP contribution in [0.3, 0.4) is 0 Å². The predicted octanol–water partition coefficient (Wildman–Crippen LogP) is 4.66. The number of halogens is 2. The summed E-state index contributed by atoms with van der Waals surface area (Å²) < 4.78 is 39.4. The number of fused-ring (bicyclic) bond motifs is 1. The van der Waals surface area contributed by atoms with Crippen LogP contribution in [0.2, 0.25) is 0 Å². The first kappa shape index (κ1) is 20.9. The molecule has 11 heteroatoms. The highest BCUT2D eigenvalue weighted by atomic mass is 19.1. The smallest absolute Gasteiger partial charge is 0.320 e. The molecular weight excluding hydrogens is 436 g/mol. The number of hydrogen-bond donors (Lipinski definition) is 3. The van der Waals surface area contributed by atoms with E-state index in [1.807, 2.05) is 0 Å². The minimum Gasteiger partial charge on any atom is -0.487 e. The van der Waals surface area contributed by atoms with Crippen molar-refractivity contribution in [2.24, 2.45) is 5.92 Å². The molecule has 1 saturated carbocycles. The summed E-state index contributed by atoms with van der Waals surface area (Å²) in [5.41, 5.74) is 1.05. The van der Waals surface area contributed by atoms with Crippen molar-refractivity contribution in [1.29, 1.82) is 0 Å². The summed E-state index contributed by atoms with van der Waals surface area (Å²) in [7, 11) is 0. The molecule has 5 rings (SSSR count). The quantitative estimate of drug-likeness (QED) is 0.383. The maximum absolute atomic E-state index is 15.1. The molecule has 4 aromatic rings. The fraction of sp³-hybridized carbons (Fsp3) is 0.273. The molecule has 0 saturated heterocycles. The van der Waals surface area contributed by atoms with Crippen LogP contribution >= 0.6 is 0 Å². The molecule has 1 aliphatic rings. The van der Waals surface area contributed by atoms with Crippen molar-refractivity contribution in [3.8, 4) is 17.5 Å². The van der Waals surface area contributed by atoms with Gasteiger partial charge in [0.15, 0.2) is 17.4 Å². The van der Waals surface area contributed by atoms with Gasteiger partial charge in [-0.1, -0.05) is 5.10 Å². The van der Waals surface area contributed by atoms with Gasteiger partial charge in [-0.2, -0.15) is 0 Å². The Morgan fingerprint density at radius 2 is 1.85 bits per heavy atom. The number of imidazole rings is 1. The van der Waals surface area contributed by atoms with Crippen LogP contribution in [0.25, 0.3) is 22.7 Å². The van der Waals surface area contributed by atoms with Gasteiger partial charge >= 0.3 is 12.0 Å². The Bertz CT molecular complexity index is 1300. The zero-order chi connectivity index (χ0) is 22.9. The topological polar surface area (TPSA) is 126 Å². The summed E-state index contributed by atoms with van der Waals surface area (Å²) in [4.78, 5) is 18.3. The van der Waals surface area contributed by atoms with Crippen LogP contribution < -0.4 is 10.1 Å². The van der Waals surface area contributed by atoms with Crippen molar-refractivity contribution in [2.75, 3.05) is 5.32 Å². The summed E-state index contributed by atoms with van der Waals surface area (Å²) in [5.74, 6) is -1.88. The Labute approximate surface area is 185 Å². The van der Waals surface area contributed by atoms with Gasteiger partial charge in [0.2, 0.25) is 0 Å². The monoisotopic (exact) mass is 455 g/mol. The first-order chi connectivity index (χ1) is 16.0. The summed E-state index contributed by atoms with van der Waals surface area (Å²) in [6, 6.07) is 8.84. The van der Waals surface area contributed by atoms with E-state index in [-0.39, 0.29) is 46.8 Å². The molecule has 0 spiro atoms. The maximum atomic E-state index is 15.1. The number of benzene rings is 2. The first-order valence-electron chi connectivity index (χ1n) is 10.4. The number of nitrogens with zero attached hydrogens (tertiary/aromatic N) is 3. The van der Waals surface area contributed by atoms with Gasteiger partial charge in [0.1, 0.15) is 11.3 Å². The number of carbonyl (C=O) groups is 1. The van der Waals surface area contributed by atoms with E-state index in [0.717, 1.165) is 0 Å². The lowest BCUT2D eigenvalue weighted by Gasteiger charge is -2.26. The number of H-pyrrole nitrogens is 1. The number of ether oxygens (including phenoxy) is 1. The molecule has 0 radical (unpaired) electrons. The average Bonchev–Trinajstić information content (AvgIpc) is 3.45. The number of nitrogens with one attached hydrogen (secondary N) is 2. The van der Waals surface area contributed by atoms with Gasteiger partial charge in [0.05, 0.1) is 17.5 Å². The SMILES string of the molecule is O=C(O)[C@H]1CC[C@H](Oc2ccc3[nH]c(-c4nnc(Nc5ccc(F)cc5)o4)nc3c2F)CC1. The summed E-state index contributed by atoms with van der Waals surface area (Å²) in [6.07, 6.45) is 1.85. The molecule has 2 aromatic carbocycles. The molecule has 0 bridgehead atoms. The molecule has 2 heterocycles. The Morgan fingerprint density at radius 3 is 2.58 bits per heavy atom. The molecule has 2 aromatic heterocycles. The largest absolute Gasteiger partial charge is 0.487 e. The standard InChI is InChI=1S/C22H19F2N5O4/c23-12-3-5-13(6-4-12)25-22-29-28-20(33-22)19-26-15-9-10-16(17(24)18(15)27-19)32-14-7-1-11(2-8-14)21(30)31/h3-6,9-11,14H,1-2,7-8H2,(H,25,29)(H,26,27)(H,30,31)/t11-,14-. The highest BCUT2D eigenvalue weighted by Gasteiger charge is 2.28. The van der Waals surface area contributed by atoms with Crippen LogP contribution in [0.5, 0.6) is 5.75 Å². The molecule has 9 nitrogen and oxygen atoms in total. The van der Waals surface area contributed by atoms with E-state index >= 15 is 4.39 Å². The minimum atomic E-state index is -0.804. The first-order valence-corrected chi connectivity index (χ1v) is 10.4. The fourth-order valence-corrected chi connectivity index (χ4v) is 3.85. The number of rotatable bonds is 6. The normalized spacial score (nSPS) is 18.4. The minimum absolute atomic E-state index is 0.0460. The zero-order valence-corrected chi connectivity index (χ0v) is 17.2. The van der Waals surface area contributed by atoms with Crippen LogP contribution in [0, 0.1) is 17.6 Å². The summed E-state index contributed by atoms with van der Waals surface area (Å²) >= 11 is 0. The molecule has 33 heavy (non-hydrogen) atoms. The summed E-state index contributed by atoms with van der Waals surface area (Å²) in [6.45, 7) is 0. The molecular formula is C22H19F2N5O4. The van der Waals surface area contributed by atoms with Gasteiger partial charge in [0.25, 0.3) is 5.89 Å². The lowest BCUT2D eigenvalue weighted by atomic mass is 9.87. The molecule has 1 fully saturated rings. The molecule has 1 aliphatic carbocycles. The third-order valence-corrected chi connectivity index (χ3v) is 5.60. The van der Waals surface area contributed by atoms with Crippen molar-refractivity contribution >= 4 is 28.7 Å². The maximum Gasteiger partial charge on any atom is 0.320 e. The molecule has 0 atom stereocenters. The Balaban J connectivity index is 1.32. The molecule has 0 unspecified atom stereocenters.